The number of hydrogen-bond acceptors (Lipinski definition) is 5. The van der Waals surface area contributed by atoms with Gasteiger partial charge in [-0.15, -0.1) is 0 Å². The quantitative estimate of drug-likeness (QED) is 0.501. The third kappa shape index (κ3) is 7.57. The molecule has 29 heavy (non-hydrogen) atoms. The number of anilines is 1. The summed E-state index contributed by atoms with van der Waals surface area (Å²) in [5.41, 5.74) is 1.90. The molecule has 0 radical (unpaired) electrons. The summed E-state index contributed by atoms with van der Waals surface area (Å²) in [4.78, 5) is 47.0. The Morgan fingerprint density at radius 3 is 2.34 bits per heavy atom. The zero-order valence-electron chi connectivity index (χ0n) is 16.4. The van der Waals surface area contributed by atoms with Crippen molar-refractivity contribution in [1.29, 1.82) is 0 Å². The maximum atomic E-state index is 12.0. The summed E-state index contributed by atoms with van der Waals surface area (Å²) in [6, 6.07) is 15.7. The van der Waals surface area contributed by atoms with Crippen molar-refractivity contribution in [2.45, 2.75) is 32.7 Å². The van der Waals surface area contributed by atoms with Crippen LogP contribution in [0.1, 0.15) is 48.7 Å². The number of esters is 1. The summed E-state index contributed by atoms with van der Waals surface area (Å²) in [6.07, 6.45) is -0.245. The molecule has 2 rings (SSSR count). The number of carbonyl (C=O) groups excluding carboxylic acids is 4. The Balaban J connectivity index is 1.70. The van der Waals surface area contributed by atoms with E-state index < -0.39 is 18.5 Å². The van der Waals surface area contributed by atoms with Crippen LogP contribution in [-0.2, 0) is 19.1 Å². The van der Waals surface area contributed by atoms with Crippen molar-refractivity contribution >= 4 is 29.3 Å². The number of amides is 2. The van der Waals surface area contributed by atoms with Gasteiger partial charge in [0.15, 0.2) is 12.4 Å². The number of ether oxygens (including phenoxy) is 1. The highest BCUT2D eigenvalue weighted by Gasteiger charge is 2.13. The van der Waals surface area contributed by atoms with Gasteiger partial charge in [-0.05, 0) is 31.5 Å². The standard InChI is InChI=1S/C22H24N2O5/c1-15(17-7-4-3-5-8-17)23-21(27)14-29-22(28)12-11-20(26)24-19-10-6-9-18(13-19)16(2)25/h3-10,13,15H,11-12,14H2,1-2H3,(H,23,27)(H,24,26)/t15-/m0/s1. The van der Waals surface area contributed by atoms with Gasteiger partial charge in [0.05, 0.1) is 12.5 Å². The molecule has 7 heteroatoms. The number of ketones is 1. The Hall–Kier alpha value is -3.48. The lowest BCUT2D eigenvalue weighted by Gasteiger charge is -2.14. The summed E-state index contributed by atoms with van der Waals surface area (Å²) in [5, 5.41) is 5.36. The fraction of sp³-hybridized carbons (Fsp3) is 0.273. The number of Topliss-reactive ketones (excluding diaryl/α,β-unsaturated/α-hetero) is 1. The molecule has 0 spiro atoms. The summed E-state index contributed by atoms with van der Waals surface area (Å²) in [6.45, 7) is 2.87. The second-order valence-corrected chi connectivity index (χ2v) is 6.55. The SMILES string of the molecule is CC(=O)c1cccc(NC(=O)CCC(=O)OCC(=O)N[C@@H](C)c2ccccc2)c1. The van der Waals surface area contributed by atoms with Gasteiger partial charge in [-0.1, -0.05) is 42.5 Å². The molecule has 0 aliphatic rings. The lowest BCUT2D eigenvalue weighted by atomic mass is 10.1. The smallest absolute Gasteiger partial charge is 0.306 e. The zero-order valence-corrected chi connectivity index (χ0v) is 16.4. The van der Waals surface area contributed by atoms with Crippen LogP contribution in [0.2, 0.25) is 0 Å². The molecule has 7 nitrogen and oxygen atoms in total. The Kier molecular flexibility index (Phi) is 8.09. The van der Waals surface area contributed by atoms with Gasteiger partial charge in [0.2, 0.25) is 5.91 Å². The van der Waals surface area contributed by atoms with E-state index in [1.165, 1.54) is 6.92 Å². The molecule has 0 heterocycles. The summed E-state index contributed by atoms with van der Waals surface area (Å²) >= 11 is 0. The average Bonchev–Trinajstić information content (AvgIpc) is 2.71. The summed E-state index contributed by atoms with van der Waals surface area (Å²) in [7, 11) is 0. The Morgan fingerprint density at radius 2 is 1.66 bits per heavy atom. The molecule has 2 amide bonds. The minimum absolute atomic E-state index is 0.0921. The zero-order chi connectivity index (χ0) is 21.2. The van der Waals surface area contributed by atoms with Crippen LogP contribution in [0.4, 0.5) is 5.69 Å². The van der Waals surface area contributed by atoms with Crippen molar-refractivity contribution in [3.8, 4) is 0 Å². The molecule has 1 atom stereocenters. The van der Waals surface area contributed by atoms with Crippen LogP contribution in [0.3, 0.4) is 0 Å². The van der Waals surface area contributed by atoms with Gasteiger partial charge in [0.25, 0.3) is 5.91 Å². The van der Waals surface area contributed by atoms with E-state index in [9.17, 15) is 19.2 Å². The Morgan fingerprint density at radius 1 is 0.931 bits per heavy atom. The fourth-order valence-corrected chi connectivity index (χ4v) is 2.58. The van der Waals surface area contributed by atoms with Gasteiger partial charge in [-0.25, -0.2) is 0 Å². The predicted octanol–water partition coefficient (Wildman–Crippen LogP) is 3.03. The van der Waals surface area contributed by atoms with Crippen molar-refractivity contribution in [3.05, 3.63) is 65.7 Å². The first-order chi connectivity index (χ1) is 13.8. The maximum Gasteiger partial charge on any atom is 0.306 e. The topological polar surface area (TPSA) is 102 Å². The predicted molar refractivity (Wildman–Crippen MR) is 108 cm³/mol. The minimum atomic E-state index is -0.639. The van der Waals surface area contributed by atoms with Crippen LogP contribution in [-0.4, -0.2) is 30.2 Å². The van der Waals surface area contributed by atoms with Gasteiger partial charge in [0, 0.05) is 17.7 Å². The van der Waals surface area contributed by atoms with E-state index in [0.29, 0.717) is 11.3 Å². The third-order valence-electron chi connectivity index (χ3n) is 4.15. The van der Waals surface area contributed by atoms with Crippen LogP contribution >= 0.6 is 0 Å². The van der Waals surface area contributed by atoms with Crippen molar-refractivity contribution in [2.75, 3.05) is 11.9 Å². The molecule has 152 valence electrons. The highest BCUT2D eigenvalue weighted by atomic mass is 16.5. The summed E-state index contributed by atoms with van der Waals surface area (Å²) in [5.74, 6) is -1.55. The van der Waals surface area contributed by atoms with E-state index in [-0.39, 0.29) is 30.6 Å². The molecule has 0 aliphatic carbocycles. The van der Waals surface area contributed by atoms with Crippen LogP contribution in [0.15, 0.2) is 54.6 Å². The van der Waals surface area contributed by atoms with Crippen LogP contribution in [0.5, 0.6) is 0 Å². The number of hydrogen-bond donors (Lipinski definition) is 2. The average molecular weight is 396 g/mol. The molecular weight excluding hydrogens is 372 g/mol. The van der Waals surface area contributed by atoms with Crippen LogP contribution in [0.25, 0.3) is 0 Å². The molecule has 0 aliphatic heterocycles. The fourth-order valence-electron chi connectivity index (χ4n) is 2.58. The van der Waals surface area contributed by atoms with Crippen molar-refractivity contribution < 1.29 is 23.9 Å². The lowest BCUT2D eigenvalue weighted by Crippen LogP contribution is -2.31. The minimum Gasteiger partial charge on any atom is -0.456 e. The van der Waals surface area contributed by atoms with Gasteiger partial charge in [0.1, 0.15) is 0 Å². The van der Waals surface area contributed by atoms with Gasteiger partial charge in [-0.3, -0.25) is 19.2 Å². The number of carbonyl (C=O) groups is 4. The van der Waals surface area contributed by atoms with Crippen molar-refractivity contribution in [2.24, 2.45) is 0 Å². The monoisotopic (exact) mass is 396 g/mol. The van der Waals surface area contributed by atoms with Gasteiger partial charge in [-0.2, -0.15) is 0 Å². The van der Waals surface area contributed by atoms with Crippen LogP contribution in [0, 0.1) is 0 Å². The first-order valence-corrected chi connectivity index (χ1v) is 9.26. The highest BCUT2D eigenvalue weighted by molar-refractivity contribution is 5.97. The molecule has 0 saturated heterocycles. The normalized spacial score (nSPS) is 11.2. The Labute approximate surface area is 169 Å². The molecule has 0 bridgehead atoms. The molecule has 0 aromatic heterocycles. The second kappa shape index (κ2) is 10.8. The van der Waals surface area contributed by atoms with Crippen molar-refractivity contribution in [3.63, 3.8) is 0 Å². The highest BCUT2D eigenvalue weighted by Crippen LogP contribution is 2.12. The largest absolute Gasteiger partial charge is 0.456 e. The van der Waals surface area contributed by atoms with Crippen LogP contribution < -0.4 is 10.6 Å². The third-order valence-corrected chi connectivity index (χ3v) is 4.15. The first kappa shape index (κ1) is 21.8. The van der Waals surface area contributed by atoms with E-state index in [4.69, 9.17) is 4.74 Å². The Bertz CT molecular complexity index is 880. The van der Waals surface area contributed by atoms with Gasteiger partial charge >= 0.3 is 5.97 Å². The summed E-state index contributed by atoms with van der Waals surface area (Å²) < 4.78 is 4.92. The lowest BCUT2D eigenvalue weighted by molar-refractivity contribution is -0.149. The number of benzene rings is 2. The molecular formula is C22H24N2O5. The first-order valence-electron chi connectivity index (χ1n) is 9.26. The van der Waals surface area contributed by atoms with Crippen molar-refractivity contribution in [1.82, 2.24) is 5.32 Å². The molecule has 0 fully saturated rings. The van der Waals surface area contributed by atoms with E-state index in [1.807, 2.05) is 37.3 Å². The molecule has 2 N–H and O–H groups in total. The number of nitrogens with one attached hydrogen (secondary N) is 2. The van der Waals surface area contributed by atoms with Gasteiger partial charge < -0.3 is 15.4 Å². The maximum absolute atomic E-state index is 12.0. The molecule has 2 aromatic rings. The van der Waals surface area contributed by atoms with E-state index >= 15 is 0 Å². The van der Waals surface area contributed by atoms with E-state index in [2.05, 4.69) is 10.6 Å². The molecule has 0 saturated carbocycles. The second-order valence-electron chi connectivity index (χ2n) is 6.55. The molecule has 2 aromatic carbocycles. The van der Waals surface area contributed by atoms with E-state index in [0.717, 1.165) is 5.56 Å². The molecule has 0 unspecified atom stereocenters. The van der Waals surface area contributed by atoms with E-state index in [1.54, 1.807) is 24.3 Å². The number of rotatable bonds is 9.